The van der Waals surface area contributed by atoms with Gasteiger partial charge in [-0.2, -0.15) is 0 Å². The summed E-state index contributed by atoms with van der Waals surface area (Å²) in [4.78, 5) is 0. The Hall–Kier alpha value is -3.00. The second-order valence-corrected chi connectivity index (χ2v) is 7.13. The van der Waals surface area contributed by atoms with Gasteiger partial charge >= 0.3 is 0 Å². The molecule has 0 fully saturated rings. The number of benzene rings is 2. The molecule has 28 heavy (non-hydrogen) atoms. The van der Waals surface area contributed by atoms with E-state index in [9.17, 15) is 0 Å². The summed E-state index contributed by atoms with van der Waals surface area (Å²) < 4.78 is 10.4. The second kappa shape index (κ2) is 9.27. The molecule has 0 saturated carbocycles. The minimum atomic E-state index is 0.0252. The third-order valence-electron chi connectivity index (χ3n) is 5.36. The lowest BCUT2D eigenvalue weighted by Crippen LogP contribution is -2.17. The summed E-state index contributed by atoms with van der Waals surface area (Å²) in [5.74, 6) is 1.76. The summed E-state index contributed by atoms with van der Waals surface area (Å²) in [5, 5.41) is 0. The van der Waals surface area contributed by atoms with Crippen LogP contribution in [-0.2, 0) is 0 Å². The van der Waals surface area contributed by atoms with E-state index in [1.54, 1.807) is 14.2 Å². The Labute approximate surface area is 168 Å². The Kier molecular flexibility index (Phi) is 6.54. The molecule has 0 bridgehead atoms. The molecule has 1 aliphatic carbocycles. The molecule has 0 aliphatic heterocycles. The van der Waals surface area contributed by atoms with E-state index >= 15 is 0 Å². The molecular weight excluding hydrogens is 344 g/mol. The number of hydrogen-bond donors (Lipinski definition) is 0. The van der Waals surface area contributed by atoms with Gasteiger partial charge in [0.05, 0.1) is 14.2 Å². The fraction of sp³-hybridized carbons (Fsp3) is 0.231. The van der Waals surface area contributed by atoms with Crippen LogP contribution in [0.1, 0.15) is 30.4 Å². The Morgan fingerprint density at radius 2 is 1.39 bits per heavy atom. The number of allylic oxidation sites excluding steroid dienone is 5. The maximum absolute atomic E-state index is 5.22. The van der Waals surface area contributed by atoms with Crippen molar-refractivity contribution >= 4 is 12.2 Å². The third kappa shape index (κ3) is 5.04. The summed E-state index contributed by atoms with van der Waals surface area (Å²) in [5.41, 5.74) is 3.76. The third-order valence-corrected chi connectivity index (χ3v) is 5.36. The molecule has 0 aromatic heterocycles. The number of rotatable bonds is 7. The van der Waals surface area contributed by atoms with Gasteiger partial charge in [0.15, 0.2) is 0 Å². The van der Waals surface area contributed by atoms with E-state index in [0.717, 1.165) is 30.8 Å². The lowest BCUT2D eigenvalue weighted by Gasteiger charge is -2.30. The highest BCUT2D eigenvalue weighted by Crippen LogP contribution is 2.39. The lowest BCUT2D eigenvalue weighted by atomic mass is 9.74. The van der Waals surface area contributed by atoms with Crippen molar-refractivity contribution in [3.05, 3.63) is 96.1 Å². The Morgan fingerprint density at radius 1 is 0.821 bits per heavy atom. The van der Waals surface area contributed by atoms with Crippen molar-refractivity contribution in [3.63, 3.8) is 0 Å². The molecule has 0 spiro atoms. The average Bonchev–Trinajstić information content (AvgIpc) is 2.77. The van der Waals surface area contributed by atoms with E-state index in [0.29, 0.717) is 0 Å². The molecule has 2 aromatic rings. The minimum Gasteiger partial charge on any atom is -0.497 e. The van der Waals surface area contributed by atoms with Crippen LogP contribution in [0.2, 0.25) is 0 Å². The highest BCUT2D eigenvalue weighted by atomic mass is 16.5. The van der Waals surface area contributed by atoms with Gasteiger partial charge in [-0.3, -0.25) is 0 Å². The molecule has 144 valence electrons. The summed E-state index contributed by atoms with van der Waals surface area (Å²) in [6.07, 6.45) is 16.4. The van der Waals surface area contributed by atoms with Crippen LogP contribution in [0.4, 0.5) is 0 Å². The van der Waals surface area contributed by atoms with Gasteiger partial charge in [-0.05, 0) is 54.7 Å². The van der Waals surface area contributed by atoms with Gasteiger partial charge in [0.2, 0.25) is 0 Å². The van der Waals surface area contributed by atoms with Crippen LogP contribution in [-0.4, -0.2) is 14.2 Å². The largest absolute Gasteiger partial charge is 0.497 e. The molecule has 0 heterocycles. The molecule has 0 N–H and O–H groups in total. The first kappa shape index (κ1) is 19.8. The molecule has 2 nitrogen and oxygen atoms in total. The first-order chi connectivity index (χ1) is 13.7. The van der Waals surface area contributed by atoms with Gasteiger partial charge in [0.1, 0.15) is 11.5 Å². The van der Waals surface area contributed by atoms with Gasteiger partial charge in [-0.25, -0.2) is 0 Å². The van der Waals surface area contributed by atoms with Crippen LogP contribution >= 0.6 is 0 Å². The van der Waals surface area contributed by atoms with Crippen LogP contribution in [0.5, 0.6) is 11.5 Å². The van der Waals surface area contributed by atoms with Crippen LogP contribution in [0, 0.1) is 5.41 Å². The smallest absolute Gasteiger partial charge is 0.118 e. The average molecular weight is 373 g/mol. The molecule has 1 aliphatic rings. The van der Waals surface area contributed by atoms with E-state index in [-0.39, 0.29) is 5.41 Å². The molecule has 2 heteroatoms. The fourth-order valence-corrected chi connectivity index (χ4v) is 3.35. The predicted octanol–water partition coefficient (Wildman–Crippen LogP) is 6.71. The molecule has 2 aromatic carbocycles. The number of methoxy groups -OCH3 is 2. The van der Waals surface area contributed by atoms with E-state index in [4.69, 9.17) is 9.47 Å². The number of ether oxygens (including phenoxy) is 2. The molecule has 0 saturated heterocycles. The van der Waals surface area contributed by atoms with Crippen molar-refractivity contribution in [2.75, 3.05) is 14.2 Å². The van der Waals surface area contributed by atoms with Crippen LogP contribution in [0.25, 0.3) is 12.2 Å². The highest BCUT2D eigenvalue weighted by Gasteiger charge is 2.25. The van der Waals surface area contributed by atoms with Crippen LogP contribution in [0.15, 0.2) is 85.0 Å². The Balaban J connectivity index is 1.65. The van der Waals surface area contributed by atoms with Crippen molar-refractivity contribution in [2.24, 2.45) is 5.41 Å². The van der Waals surface area contributed by atoms with Crippen molar-refractivity contribution in [3.8, 4) is 11.5 Å². The van der Waals surface area contributed by atoms with Gasteiger partial charge in [0.25, 0.3) is 0 Å². The van der Waals surface area contributed by atoms with E-state index < -0.39 is 0 Å². The first-order valence-electron chi connectivity index (χ1n) is 9.64. The topological polar surface area (TPSA) is 18.5 Å². The van der Waals surface area contributed by atoms with E-state index in [1.165, 1.54) is 16.7 Å². The van der Waals surface area contributed by atoms with Crippen LogP contribution in [0.3, 0.4) is 0 Å². The van der Waals surface area contributed by atoms with Crippen LogP contribution < -0.4 is 9.47 Å². The van der Waals surface area contributed by atoms with Gasteiger partial charge < -0.3 is 9.47 Å². The molecule has 1 unspecified atom stereocenters. The molecular formula is C26H28O2. The zero-order chi connectivity index (χ0) is 19.8. The molecule has 3 rings (SSSR count). The summed E-state index contributed by atoms with van der Waals surface area (Å²) in [6, 6.07) is 16.3. The standard InChI is InChI=1S/C26H28O2/c1-4-26(18-15-22-9-13-25(28-3)14-10-22)19-16-23(17-20-26)6-5-21-7-11-24(27-2)12-8-21/h4-16,18H,1,17,19-20H2,2-3H3/b6-5+,18-15+. The van der Waals surface area contributed by atoms with Gasteiger partial charge in [-0.1, -0.05) is 66.3 Å². The van der Waals surface area contributed by atoms with Crippen molar-refractivity contribution < 1.29 is 9.47 Å². The Morgan fingerprint density at radius 3 is 1.86 bits per heavy atom. The highest BCUT2D eigenvalue weighted by molar-refractivity contribution is 5.55. The summed E-state index contributed by atoms with van der Waals surface area (Å²) >= 11 is 0. The monoisotopic (exact) mass is 372 g/mol. The zero-order valence-corrected chi connectivity index (χ0v) is 16.7. The molecule has 0 radical (unpaired) electrons. The number of hydrogen-bond acceptors (Lipinski definition) is 2. The predicted molar refractivity (Wildman–Crippen MR) is 119 cm³/mol. The molecule has 0 amide bonds. The van der Waals surface area contributed by atoms with E-state index in [2.05, 4.69) is 67.3 Å². The maximum Gasteiger partial charge on any atom is 0.118 e. The summed E-state index contributed by atoms with van der Waals surface area (Å²) in [7, 11) is 3.37. The maximum atomic E-state index is 5.22. The zero-order valence-electron chi connectivity index (χ0n) is 16.7. The second-order valence-electron chi connectivity index (χ2n) is 7.13. The Bertz CT molecular complexity index is 870. The molecule has 1 atom stereocenters. The van der Waals surface area contributed by atoms with E-state index in [1.807, 2.05) is 24.3 Å². The van der Waals surface area contributed by atoms with Gasteiger partial charge in [-0.15, -0.1) is 6.58 Å². The van der Waals surface area contributed by atoms with Gasteiger partial charge in [0, 0.05) is 5.41 Å². The summed E-state index contributed by atoms with van der Waals surface area (Å²) in [6.45, 7) is 4.10. The lowest BCUT2D eigenvalue weighted by molar-refractivity contribution is 0.414. The SMILES string of the molecule is C=CC1(/C=C/c2ccc(OC)cc2)CC=C(/C=C/c2ccc(OC)cc2)CC1. The fourth-order valence-electron chi connectivity index (χ4n) is 3.35. The van der Waals surface area contributed by atoms with Crippen molar-refractivity contribution in [2.45, 2.75) is 19.3 Å². The quantitative estimate of drug-likeness (QED) is 0.503. The van der Waals surface area contributed by atoms with Crippen molar-refractivity contribution in [1.29, 1.82) is 0 Å². The minimum absolute atomic E-state index is 0.0252. The first-order valence-corrected chi connectivity index (χ1v) is 9.64. The normalized spacial score (nSPS) is 19.6. The van der Waals surface area contributed by atoms with Crippen molar-refractivity contribution in [1.82, 2.24) is 0 Å².